The molecule has 2 amide bonds. The van der Waals surface area contributed by atoms with Gasteiger partial charge in [-0.25, -0.2) is 4.99 Å². The summed E-state index contributed by atoms with van der Waals surface area (Å²) < 4.78 is 0. The first-order valence-corrected chi connectivity index (χ1v) is 12.8. The Kier molecular flexibility index (Phi) is 10.2. The van der Waals surface area contributed by atoms with E-state index in [0.717, 1.165) is 57.2 Å². The lowest BCUT2D eigenvalue weighted by atomic mass is 9.94. The number of nitrogens with one attached hydrogen (secondary N) is 1. The zero-order valence-corrected chi connectivity index (χ0v) is 21.6. The summed E-state index contributed by atoms with van der Waals surface area (Å²) in [6, 6.07) is 11.9. The maximum atomic E-state index is 13.3. The van der Waals surface area contributed by atoms with Gasteiger partial charge in [-0.2, -0.15) is 0 Å². The van der Waals surface area contributed by atoms with E-state index in [4.69, 9.17) is 0 Å². The van der Waals surface area contributed by atoms with Crippen LogP contribution in [-0.2, 0) is 0 Å². The first-order valence-electron chi connectivity index (χ1n) is 12.8. The largest absolute Gasteiger partial charge is 0.373 e. The molecule has 36 heavy (non-hydrogen) atoms. The second-order valence-electron chi connectivity index (χ2n) is 9.41. The summed E-state index contributed by atoms with van der Waals surface area (Å²) in [4.78, 5) is 44.9. The monoisotopic (exact) mass is 491 g/mol. The van der Waals surface area contributed by atoms with Crippen molar-refractivity contribution in [1.29, 1.82) is 0 Å². The summed E-state index contributed by atoms with van der Waals surface area (Å²) in [5, 5.41) is 5.52. The lowest BCUT2D eigenvalue weighted by Gasteiger charge is -2.31. The molecule has 0 aliphatic heterocycles. The lowest BCUT2D eigenvalue weighted by Crippen LogP contribution is -2.38. The molecule has 0 aromatic heterocycles. The van der Waals surface area contributed by atoms with Crippen molar-refractivity contribution in [3.8, 4) is 0 Å². The van der Waals surface area contributed by atoms with Crippen molar-refractivity contribution in [1.82, 2.24) is 10.2 Å². The van der Waals surface area contributed by atoms with Gasteiger partial charge in [-0.3, -0.25) is 9.59 Å². The highest BCUT2D eigenvalue weighted by Gasteiger charge is 2.23. The van der Waals surface area contributed by atoms with Gasteiger partial charge in [0.05, 0.1) is 17.7 Å². The number of nitroso groups, excluding NO2 is 1. The molecule has 0 unspecified atom stereocenters. The molecule has 2 aromatic rings. The van der Waals surface area contributed by atoms with Crippen molar-refractivity contribution in [2.75, 3.05) is 25.5 Å². The predicted octanol–water partition coefficient (Wildman–Crippen LogP) is 6.21. The molecule has 0 spiro atoms. The van der Waals surface area contributed by atoms with Crippen molar-refractivity contribution in [2.45, 2.75) is 64.3 Å². The van der Waals surface area contributed by atoms with E-state index in [0.29, 0.717) is 16.8 Å². The van der Waals surface area contributed by atoms with Crippen LogP contribution >= 0.6 is 0 Å². The van der Waals surface area contributed by atoms with Crippen molar-refractivity contribution < 1.29 is 9.59 Å². The topological polar surface area (TPSA) is 94.4 Å². The molecule has 3 rings (SSSR count). The van der Waals surface area contributed by atoms with Gasteiger partial charge in [0.15, 0.2) is 0 Å². The fourth-order valence-corrected chi connectivity index (χ4v) is 4.56. The summed E-state index contributed by atoms with van der Waals surface area (Å²) in [5.74, 6) is -0.357. The number of hydrogen-bond donors (Lipinski definition) is 1. The summed E-state index contributed by atoms with van der Waals surface area (Å²) in [7, 11) is 3.90. The van der Waals surface area contributed by atoms with E-state index in [1.807, 2.05) is 31.1 Å². The molecule has 0 heterocycles. The Hall–Kier alpha value is -3.55. The SMILES string of the molecule is CCCCCN(C)c1ccc(C(=O)N(C)C2CCCCC2)cc1N=CNC(=O)c1ccc(N=O)cc1. The Morgan fingerprint density at radius 3 is 2.36 bits per heavy atom. The number of hydrogen-bond acceptors (Lipinski definition) is 6. The van der Waals surface area contributed by atoms with Crippen LogP contribution in [0.2, 0.25) is 0 Å². The van der Waals surface area contributed by atoms with Crippen LogP contribution < -0.4 is 10.2 Å². The van der Waals surface area contributed by atoms with Crippen LogP contribution in [0.5, 0.6) is 0 Å². The highest BCUT2D eigenvalue weighted by Crippen LogP contribution is 2.31. The standard InChI is InChI=1S/C28H37N5O3/c1-4-5-9-18-32(2)26-17-14-22(28(35)33(3)24-10-7-6-8-11-24)19-25(26)29-20-30-27(34)21-12-15-23(31-36)16-13-21/h12-17,19-20,24H,4-11,18H2,1-3H3,(H,29,30,34). The minimum Gasteiger partial charge on any atom is -0.373 e. The predicted molar refractivity (Wildman–Crippen MR) is 146 cm³/mol. The van der Waals surface area contributed by atoms with Gasteiger partial charge < -0.3 is 15.1 Å². The zero-order valence-electron chi connectivity index (χ0n) is 21.6. The van der Waals surface area contributed by atoms with Gasteiger partial charge in [-0.15, -0.1) is 4.91 Å². The van der Waals surface area contributed by atoms with E-state index in [9.17, 15) is 14.5 Å². The summed E-state index contributed by atoms with van der Waals surface area (Å²) in [6.45, 7) is 3.04. The Morgan fingerprint density at radius 1 is 1.00 bits per heavy atom. The van der Waals surface area contributed by atoms with Gasteiger partial charge in [-0.1, -0.05) is 39.0 Å². The molecule has 1 N–H and O–H groups in total. The number of benzene rings is 2. The van der Waals surface area contributed by atoms with Crippen LogP contribution in [0.15, 0.2) is 52.6 Å². The Balaban J connectivity index is 1.79. The minimum atomic E-state index is -0.349. The van der Waals surface area contributed by atoms with Crippen LogP contribution in [0.3, 0.4) is 0 Å². The molecular formula is C28H37N5O3. The molecule has 0 atom stereocenters. The molecule has 1 aliphatic carbocycles. The van der Waals surface area contributed by atoms with E-state index < -0.39 is 0 Å². The number of unbranched alkanes of at least 4 members (excludes halogenated alkanes) is 2. The number of rotatable bonds is 11. The van der Waals surface area contributed by atoms with Crippen molar-refractivity contribution in [3.63, 3.8) is 0 Å². The second-order valence-corrected chi connectivity index (χ2v) is 9.41. The molecule has 2 aromatic carbocycles. The summed E-state index contributed by atoms with van der Waals surface area (Å²) in [5.41, 5.74) is 2.76. The van der Waals surface area contributed by atoms with E-state index in [1.54, 1.807) is 6.07 Å². The van der Waals surface area contributed by atoms with Crippen molar-refractivity contribution in [3.05, 3.63) is 58.5 Å². The van der Waals surface area contributed by atoms with Gasteiger partial charge in [0.25, 0.3) is 11.8 Å². The molecule has 0 bridgehead atoms. The van der Waals surface area contributed by atoms with E-state index in [-0.39, 0.29) is 23.5 Å². The number of carbonyl (C=O) groups is 2. The number of aliphatic imine (C=N–C) groups is 1. The lowest BCUT2D eigenvalue weighted by molar-refractivity contribution is 0.0696. The van der Waals surface area contributed by atoms with Crippen LogP contribution in [0.1, 0.15) is 79.0 Å². The normalized spacial score (nSPS) is 14.0. The van der Waals surface area contributed by atoms with Crippen LogP contribution in [0, 0.1) is 4.91 Å². The van der Waals surface area contributed by atoms with Crippen molar-refractivity contribution in [2.24, 2.45) is 10.2 Å². The van der Waals surface area contributed by atoms with E-state index >= 15 is 0 Å². The first kappa shape index (κ1) is 27.0. The Bertz CT molecular complexity index is 1060. The smallest absolute Gasteiger partial charge is 0.256 e. The molecular weight excluding hydrogens is 454 g/mol. The highest BCUT2D eigenvalue weighted by atomic mass is 16.3. The third kappa shape index (κ3) is 7.23. The second kappa shape index (κ2) is 13.5. The zero-order chi connectivity index (χ0) is 25.9. The number of anilines is 1. The molecule has 0 radical (unpaired) electrons. The summed E-state index contributed by atoms with van der Waals surface area (Å²) >= 11 is 0. The quantitative estimate of drug-likeness (QED) is 0.175. The maximum absolute atomic E-state index is 13.3. The third-order valence-corrected chi connectivity index (χ3v) is 6.81. The van der Waals surface area contributed by atoms with Gasteiger partial charge >= 0.3 is 0 Å². The first-order chi connectivity index (χ1) is 17.4. The van der Waals surface area contributed by atoms with Crippen LogP contribution in [-0.4, -0.2) is 49.7 Å². The molecule has 8 nitrogen and oxygen atoms in total. The minimum absolute atomic E-state index is 0.00792. The molecule has 1 saturated carbocycles. The van der Waals surface area contributed by atoms with Crippen LogP contribution in [0.25, 0.3) is 0 Å². The fraction of sp³-hybridized carbons (Fsp3) is 0.464. The molecule has 1 fully saturated rings. The number of nitrogens with zero attached hydrogens (tertiary/aromatic N) is 4. The Morgan fingerprint density at radius 2 is 1.69 bits per heavy atom. The highest BCUT2D eigenvalue weighted by molar-refractivity contribution is 6.01. The van der Waals surface area contributed by atoms with E-state index in [2.05, 4.69) is 27.3 Å². The van der Waals surface area contributed by atoms with Crippen LogP contribution in [0.4, 0.5) is 17.1 Å². The van der Waals surface area contributed by atoms with Gasteiger partial charge in [-0.05, 0) is 66.9 Å². The fourth-order valence-electron chi connectivity index (χ4n) is 4.56. The van der Waals surface area contributed by atoms with E-state index in [1.165, 1.54) is 37.0 Å². The molecule has 8 heteroatoms. The Labute approximate surface area is 213 Å². The van der Waals surface area contributed by atoms with Gasteiger partial charge in [0, 0.05) is 37.8 Å². The summed E-state index contributed by atoms with van der Waals surface area (Å²) in [6.07, 6.45) is 10.3. The van der Waals surface area contributed by atoms with Crippen molar-refractivity contribution >= 4 is 35.2 Å². The number of carbonyl (C=O) groups excluding carboxylic acids is 2. The molecule has 1 aliphatic rings. The maximum Gasteiger partial charge on any atom is 0.256 e. The van der Waals surface area contributed by atoms with Gasteiger partial charge in [0.1, 0.15) is 5.69 Å². The third-order valence-electron chi connectivity index (χ3n) is 6.81. The van der Waals surface area contributed by atoms with Gasteiger partial charge in [0.2, 0.25) is 0 Å². The average Bonchev–Trinajstić information content (AvgIpc) is 2.92. The molecule has 0 saturated heterocycles. The number of amides is 2. The molecule has 192 valence electrons. The average molecular weight is 492 g/mol.